The number of hydrogen-bond acceptors (Lipinski definition) is 7. The minimum Gasteiger partial charge on any atom is -0.458 e. The lowest BCUT2D eigenvalue weighted by Crippen LogP contribution is -2.46. The highest BCUT2D eigenvalue weighted by Gasteiger charge is 2.30. The van der Waals surface area contributed by atoms with Crippen molar-refractivity contribution in [1.82, 2.24) is 15.2 Å². The number of piperazine rings is 1. The number of carbonyl (C=O) groups is 2. The summed E-state index contributed by atoms with van der Waals surface area (Å²) >= 11 is 1.32. The number of carbonyl (C=O) groups excluding carboxylic acids is 2. The van der Waals surface area contributed by atoms with Crippen molar-refractivity contribution < 1.29 is 27.5 Å². The Morgan fingerprint density at radius 3 is 2.65 bits per heavy atom. The van der Waals surface area contributed by atoms with Gasteiger partial charge in [0.25, 0.3) is 5.91 Å². The van der Waals surface area contributed by atoms with Gasteiger partial charge in [-0.15, -0.1) is 11.3 Å². The first-order chi connectivity index (χ1) is 19.2. The number of alkyl halides is 3. The number of ether oxygens (including phenoxy) is 1. The van der Waals surface area contributed by atoms with Crippen LogP contribution in [-0.2, 0) is 11.0 Å². The van der Waals surface area contributed by atoms with E-state index >= 15 is 0 Å². The van der Waals surface area contributed by atoms with Gasteiger partial charge in [-0.1, -0.05) is 12.1 Å². The molecule has 0 atom stereocenters. The highest BCUT2D eigenvalue weighted by molar-refractivity contribution is 7.14. The fourth-order valence-corrected chi connectivity index (χ4v) is 4.52. The molecule has 0 aliphatic carbocycles. The van der Waals surface area contributed by atoms with Crippen LogP contribution in [0.15, 0.2) is 71.8 Å². The van der Waals surface area contributed by atoms with Gasteiger partial charge >= 0.3 is 6.18 Å². The van der Waals surface area contributed by atoms with Gasteiger partial charge in [-0.25, -0.2) is 4.98 Å². The van der Waals surface area contributed by atoms with E-state index in [4.69, 9.17) is 4.74 Å². The van der Waals surface area contributed by atoms with Gasteiger partial charge in [0.2, 0.25) is 5.91 Å². The summed E-state index contributed by atoms with van der Waals surface area (Å²) in [5, 5.41) is 10.9. The molecule has 0 bridgehead atoms. The molecular weight excluding hydrogens is 543 g/mol. The Balaban J connectivity index is 1.33. The molecule has 3 N–H and O–H groups in total. The number of nitrogens with one attached hydrogen (secondary N) is 3. The third-order valence-corrected chi connectivity index (χ3v) is 6.60. The first-order valence-electron chi connectivity index (χ1n) is 12.5. The largest absolute Gasteiger partial charge is 0.458 e. The van der Waals surface area contributed by atoms with Crippen molar-refractivity contribution >= 4 is 40.0 Å². The lowest BCUT2D eigenvalue weighted by molar-refractivity contribution is -0.137. The van der Waals surface area contributed by atoms with E-state index in [9.17, 15) is 22.8 Å². The highest BCUT2D eigenvalue weighted by atomic mass is 32.1. The molecule has 3 aromatic rings. The third-order valence-electron chi connectivity index (χ3n) is 5.83. The van der Waals surface area contributed by atoms with Gasteiger partial charge in [0, 0.05) is 42.8 Å². The summed E-state index contributed by atoms with van der Waals surface area (Å²) in [6, 6.07) is 10.7. The lowest BCUT2D eigenvalue weighted by atomic mass is 10.1. The predicted molar refractivity (Wildman–Crippen MR) is 149 cm³/mol. The van der Waals surface area contributed by atoms with E-state index in [1.54, 1.807) is 37.3 Å². The van der Waals surface area contributed by atoms with Crippen LogP contribution in [0.3, 0.4) is 0 Å². The number of aromatic nitrogens is 1. The van der Waals surface area contributed by atoms with Gasteiger partial charge < -0.3 is 20.7 Å². The van der Waals surface area contributed by atoms with Crippen LogP contribution in [0.25, 0.3) is 6.08 Å². The van der Waals surface area contributed by atoms with Gasteiger partial charge in [-0.2, -0.15) is 13.2 Å². The Morgan fingerprint density at radius 2 is 1.90 bits per heavy atom. The zero-order chi connectivity index (χ0) is 28.5. The average Bonchev–Trinajstić information content (AvgIpc) is 3.38. The van der Waals surface area contributed by atoms with Crippen LogP contribution in [0.2, 0.25) is 0 Å². The molecule has 2 aromatic carbocycles. The third kappa shape index (κ3) is 8.50. The summed E-state index contributed by atoms with van der Waals surface area (Å²) in [4.78, 5) is 31.5. The Labute approximate surface area is 233 Å². The summed E-state index contributed by atoms with van der Waals surface area (Å²) in [5.74, 6) is 0.166. The van der Waals surface area contributed by atoms with Crippen molar-refractivity contribution in [2.45, 2.75) is 13.1 Å². The minimum atomic E-state index is -4.51. The number of nitrogens with zero attached hydrogens (tertiary/aromatic N) is 2. The summed E-state index contributed by atoms with van der Waals surface area (Å²) in [6.45, 7) is 5.49. The molecule has 0 spiro atoms. The SMILES string of the molecule is C/C=C(\C=C/c1csc(NC(=O)CN2CCNCC2)n1)Oc1cccc(C(=O)Nc2cccc(C(F)(F)F)c2)c1. The molecule has 12 heteroatoms. The molecule has 0 unspecified atom stereocenters. The van der Waals surface area contributed by atoms with Gasteiger partial charge in [-0.05, 0) is 61.5 Å². The molecular formula is C28H28F3N5O3S. The second kappa shape index (κ2) is 13.4. The number of amides is 2. The zero-order valence-electron chi connectivity index (χ0n) is 21.6. The Morgan fingerprint density at radius 1 is 1.12 bits per heavy atom. The summed E-state index contributed by atoms with van der Waals surface area (Å²) < 4.78 is 44.8. The number of rotatable bonds is 9. The van der Waals surface area contributed by atoms with E-state index < -0.39 is 17.6 Å². The Hall–Kier alpha value is -4.00. The second-order valence-corrected chi connectivity index (χ2v) is 9.70. The average molecular weight is 572 g/mol. The molecule has 1 aromatic heterocycles. The standard InChI is InChI=1S/C28H28F3N5O3S/c1-2-23(10-9-22-18-40-27(34-22)35-25(37)17-36-13-11-32-12-14-36)39-24-8-3-5-19(15-24)26(38)33-21-7-4-6-20(16-21)28(29,30)31/h2-10,15-16,18,32H,11-14,17H2,1H3,(H,33,38)(H,34,35,37)/b10-9-,23-2+. The van der Waals surface area contributed by atoms with Crippen molar-refractivity contribution in [1.29, 1.82) is 0 Å². The fraction of sp³-hybridized carbons (Fsp3) is 0.250. The molecule has 0 saturated carbocycles. The molecule has 4 rings (SSSR count). The van der Waals surface area contributed by atoms with Crippen molar-refractivity contribution in [3.63, 3.8) is 0 Å². The first-order valence-corrected chi connectivity index (χ1v) is 13.4. The molecule has 0 radical (unpaired) electrons. The van der Waals surface area contributed by atoms with Crippen LogP contribution in [0.5, 0.6) is 5.75 Å². The minimum absolute atomic E-state index is 0.0332. The molecule has 2 amide bonds. The number of allylic oxidation sites excluding steroid dienone is 2. The zero-order valence-corrected chi connectivity index (χ0v) is 22.4. The summed E-state index contributed by atoms with van der Waals surface area (Å²) in [7, 11) is 0. The quantitative estimate of drug-likeness (QED) is 0.240. The van der Waals surface area contributed by atoms with E-state index in [0.717, 1.165) is 38.3 Å². The molecule has 210 valence electrons. The molecule has 1 saturated heterocycles. The normalized spacial score (nSPS) is 14.8. The molecule has 1 aliphatic rings. The van der Waals surface area contributed by atoms with Crippen LogP contribution in [0.1, 0.15) is 28.5 Å². The van der Waals surface area contributed by atoms with Crippen LogP contribution in [-0.4, -0.2) is 54.4 Å². The predicted octanol–water partition coefficient (Wildman–Crippen LogP) is 5.25. The maximum atomic E-state index is 13.0. The first kappa shape index (κ1) is 29.0. The smallest absolute Gasteiger partial charge is 0.416 e. The van der Waals surface area contributed by atoms with Crippen molar-refractivity contribution in [3.05, 3.63) is 88.6 Å². The molecule has 8 nitrogen and oxygen atoms in total. The number of thiazole rings is 1. The number of halogens is 3. The molecule has 2 heterocycles. The maximum absolute atomic E-state index is 13.0. The summed E-state index contributed by atoms with van der Waals surface area (Å²) in [6.07, 6.45) is 0.664. The van der Waals surface area contributed by atoms with E-state index in [2.05, 4.69) is 25.8 Å². The number of anilines is 2. The van der Waals surface area contributed by atoms with Gasteiger partial charge in [-0.3, -0.25) is 14.5 Å². The van der Waals surface area contributed by atoms with Gasteiger partial charge in [0.1, 0.15) is 11.5 Å². The van der Waals surface area contributed by atoms with E-state index in [0.29, 0.717) is 28.9 Å². The highest BCUT2D eigenvalue weighted by Crippen LogP contribution is 2.31. The van der Waals surface area contributed by atoms with Crippen molar-refractivity contribution in [2.24, 2.45) is 0 Å². The van der Waals surface area contributed by atoms with Crippen LogP contribution in [0.4, 0.5) is 24.0 Å². The molecule has 40 heavy (non-hydrogen) atoms. The monoisotopic (exact) mass is 571 g/mol. The molecule has 1 fully saturated rings. The van der Waals surface area contributed by atoms with Crippen LogP contribution >= 0.6 is 11.3 Å². The Bertz CT molecular complexity index is 1400. The molecule has 1 aliphatic heterocycles. The van der Waals surface area contributed by atoms with Crippen LogP contribution in [0, 0.1) is 0 Å². The van der Waals surface area contributed by atoms with Crippen molar-refractivity contribution in [2.75, 3.05) is 43.4 Å². The Kier molecular flexibility index (Phi) is 9.70. The topological polar surface area (TPSA) is 95.6 Å². The maximum Gasteiger partial charge on any atom is 0.416 e. The van der Waals surface area contributed by atoms with Gasteiger partial charge in [0.05, 0.1) is 17.8 Å². The van der Waals surface area contributed by atoms with Gasteiger partial charge in [0.15, 0.2) is 5.13 Å². The van der Waals surface area contributed by atoms with Crippen LogP contribution < -0.4 is 20.7 Å². The fourth-order valence-electron chi connectivity index (χ4n) is 3.82. The number of benzene rings is 2. The van der Waals surface area contributed by atoms with Crippen molar-refractivity contribution in [3.8, 4) is 5.75 Å². The van der Waals surface area contributed by atoms with E-state index in [1.165, 1.54) is 35.6 Å². The van der Waals surface area contributed by atoms with E-state index in [1.807, 2.05) is 5.38 Å². The lowest BCUT2D eigenvalue weighted by Gasteiger charge is -2.26. The van der Waals surface area contributed by atoms with E-state index in [-0.39, 0.29) is 17.2 Å². The summed E-state index contributed by atoms with van der Waals surface area (Å²) in [5.41, 5.74) is 0.0391. The number of hydrogen-bond donors (Lipinski definition) is 3. The second-order valence-electron chi connectivity index (χ2n) is 8.84.